The first kappa shape index (κ1) is 14.4. The topological polar surface area (TPSA) is 37.9 Å². The largest absolute Gasteiger partial charge is 0.434 e. The molecule has 0 saturated heterocycles. The van der Waals surface area contributed by atoms with E-state index in [1.165, 1.54) is 6.07 Å². The number of aromatic nitrogens is 2. The molecule has 7 heteroatoms. The fraction of sp³-hybridized carbons (Fsp3) is 0.100. The van der Waals surface area contributed by atoms with E-state index >= 15 is 0 Å². The molecule has 0 aliphatic rings. The summed E-state index contributed by atoms with van der Waals surface area (Å²) >= 11 is 5.15. The lowest BCUT2D eigenvalue weighted by Crippen LogP contribution is -2.02. The van der Waals surface area contributed by atoms with Crippen molar-refractivity contribution in [1.29, 1.82) is 0 Å². The molecule has 0 atom stereocenters. The van der Waals surface area contributed by atoms with E-state index < -0.39 is 6.61 Å². The molecule has 92 valence electrons. The number of hydrogen-bond acceptors (Lipinski definition) is 2. The molecule has 3 nitrogen and oxygen atoms in total. The van der Waals surface area contributed by atoms with E-state index in [2.05, 4.69) is 30.9 Å². The number of nitrogens with one attached hydrogen (secondary N) is 1. The lowest BCUT2D eigenvalue weighted by molar-refractivity contribution is -0.0504. The van der Waals surface area contributed by atoms with Gasteiger partial charge in [-0.1, -0.05) is 15.9 Å². The molecule has 1 heterocycles. The minimum atomic E-state index is -2.76. The molecule has 1 N–H and O–H groups in total. The highest BCUT2D eigenvalue weighted by Gasteiger charge is 2.07. The molecule has 0 saturated carbocycles. The zero-order valence-electron chi connectivity index (χ0n) is 8.41. The number of halogens is 4. The van der Waals surface area contributed by atoms with Gasteiger partial charge in [0.1, 0.15) is 5.75 Å². The van der Waals surface area contributed by atoms with Gasteiger partial charge in [0.2, 0.25) is 0 Å². The highest BCUT2D eigenvalue weighted by Crippen LogP contribution is 2.25. The van der Waals surface area contributed by atoms with Crippen molar-refractivity contribution in [3.8, 4) is 5.75 Å². The number of hydrogen-bond donors (Lipinski definition) is 1. The Balaban J connectivity index is 0.000000239. The Morgan fingerprint density at radius 1 is 1.41 bits per heavy atom. The minimum Gasteiger partial charge on any atom is -0.434 e. The molecule has 0 amide bonds. The first-order valence-corrected chi connectivity index (χ1v) is 6.30. The zero-order chi connectivity index (χ0) is 12.7. The quantitative estimate of drug-likeness (QED) is 0.749. The van der Waals surface area contributed by atoms with Crippen molar-refractivity contribution in [3.05, 3.63) is 44.7 Å². The second-order valence-corrected chi connectivity index (χ2v) is 4.80. The molecule has 1 aromatic heterocycles. The number of ether oxygens (including phenoxy) is 1. The Morgan fingerprint density at radius 2 is 2.18 bits per heavy atom. The first-order chi connectivity index (χ1) is 8.09. The summed E-state index contributed by atoms with van der Waals surface area (Å²) in [4.78, 5) is 0. The van der Waals surface area contributed by atoms with Gasteiger partial charge in [0, 0.05) is 16.9 Å². The predicted molar refractivity (Wildman–Crippen MR) is 72.1 cm³/mol. The molecule has 1 aromatic carbocycles. The lowest BCUT2D eigenvalue weighted by atomic mass is 10.3. The molecule has 0 aliphatic heterocycles. The third kappa shape index (κ3) is 5.97. The normalized spacial score (nSPS) is 9.71. The van der Waals surface area contributed by atoms with Crippen LogP contribution in [0.25, 0.3) is 0 Å². The molecule has 17 heavy (non-hydrogen) atoms. The summed E-state index contributed by atoms with van der Waals surface area (Å²) in [6.45, 7) is -2.76. The predicted octanol–water partition coefficient (Wildman–Crippen LogP) is 4.06. The van der Waals surface area contributed by atoms with Gasteiger partial charge >= 0.3 is 6.61 Å². The van der Waals surface area contributed by atoms with Crippen LogP contribution < -0.4 is 4.74 Å². The Bertz CT molecular complexity index is 423. The third-order valence-electron chi connectivity index (χ3n) is 1.52. The second-order valence-electron chi connectivity index (χ2n) is 2.72. The summed E-state index contributed by atoms with van der Waals surface area (Å²) in [5, 5.41) is 6.21. The summed E-state index contributed by atoms with van der Waals surface area (Å²) in [6, 6.07) is 6.69. The summed E-state index contributed by atoms with van der Waals surface area (Å²) < 4.78 is 29.3. The van der Waals surface area contributed by atoms with Crippen LogP contribution in [0.1, 0.15) is 0 Å². The molecular weight excluding hydrogens is 409 g/mol. The average Bonchev–Trinajstić information content (AvgIpc) is 2.80. The summed E-state index contributed by atoms with van der Waals surface area (Å²) in [5.41, 5.74) is 0. The van der Waals surface area contributed by atoms with Crippen LogP contribution in [0, 0.1) is 3.57 Å². The number of alkyl halides is 2. The van der Waals surface area contributed by atoms with Crippen LogP contribution in [0.4, 0.5) is 8.78 Å². The van der Waals surface area contributed by atoms with Crippen LogP contribution >= 0.6 is 38.5 Å². The monoisotopic (exact) mass is 416 g/mol. The van der Waals surface area contributed by atoms with E-state index in [-0.39, 0.29) is 5.75 Å². The molecule has 0 bridgehead atoms. The van der Waals surface area contributed by atoms with Crippen molar-refractivity contribution in [2.45, 2.75) is 6.61 Å². The molecule has 0 fully saturated rings. The van der Waals surface area contributed by atoms with Crippen molar-refractivity contribution in [1.82, 2.24) is 10.2 Å². The van der Waals surface area contributed by atoms with Crippen LogP contribution in [-0.2, 0) is 0 Å². The SMILES string of the molecule is FC(F)Oc1ccc(Br)cc1I.c1cn[nH]c1. The maximum Gasteiger partial charge on any atom is 0.387 e. The van der Waals surface area contributed by atoms with E-state index in [9.17, 15) is 8.78 Å². The van der Waals surface area contributed by atoms with E-state index in [1.54, 1.807) is 24.5 Å². The van der Waals surface area contributed by atoms with Crippen LogP contribution in [0.2, 0.25) is 0 Å². The molecular formula is C10H8BrF2IN2O. The first-order valence-electron chi connectivity index (χ1n) is 4.43. The fourth-order valence-electron chi connectivity index (χ4n) is 0.882. The van der Waals surface area contributed by atoms with Gasteiger partial charge in [0.05, 0.1) is 3.57 Å². The number of benzene rings is 1. The second kappa shape index (κ2) is 7.59. The number of aromatic amines is 1. The molecule has 2 rings (SSSR count). The standard InChI is InChI=1S/C7H4BrF2IO.C3H4N2/c8-4-1-2-6(5(11)3-4)12-7(9)10;1-2-4-5-3-1/h1-3,7H;1-3H,(H,4,5). The highest BCUT2D eigenvalue weighted by atomic mass is 127. The van der Waals surface area contributed by atoms with Gasteiger partial charge < -0.3 is 4.74 Å². The van der Waals surface area contributed by atoms with Crippen molar-refractivity contribution in [2.24, 2.45) is 0 Å². The number of nitrogens with zero attached hydrogens (tertiary/aromatic N) is 1. The van der Waals surface area contributed by atoms with Crippen LogP contribution in [0.5, 0.6) is 5.75 Å². The van der Waals surface area contributed by atoms with Gasteiger partial charge in [0.25, 0.3) is 0 Å². The van der Waals surface area contributed by atoms with Crippen molar-refractivity contribution in [3.63, 3.8) is 0 Å². The van der Waals surface area contributed by atoms with Gasteiger partial charge in [-0.05, 0) is 46.9 Å². The van der Waals surface area contributed by atoms with Gasteiger partial charge in [-0.2, -0.15) is 13.9 Å². The lowest BCUT2D eigenvalue weighted by Gasteiger charge is -2.05. The van der Waals surface area contributed by atoms with Crippen LogP contribution in [-0.4, -0.2) is 16.8 Å². The van der Waals surface area contributed by atoms with Gasteiger partial charge in [-0.3, -0.25) is 5.10 Å². The Kier molecular flexibility index (Phi) is 6.41. The van der Waals surface area contributed by atoms with Gasteiger partial charge in [0.15, 0.2) is 0 Å². The molecule has 0 spiro atoms. The van der Waals surface area contributed by atoms with Crippen molar-refractivity contribution >= 4 is 38.5 Å². The van der Waals surface area contributed by atoms with E-state index in [4.69, 9.17) is 0 Å². The number of rotatable bonds is 2. The van der Waals surface area contributed by atoms with Crippen LogP contribution in [0.3, 0.4) is 0 Å². The zero-order valence-corrected chi connectivity index (χ0v) is 12.2. The van der Waals surface area contributed by atoms with E-state index in [0.29, 0.717) is 3.57 Å². The summed E-state index contributed by atoms with van der Waals surface area (Å²) in [7, 11) is 0. The molecule has 0 unspecified atom stereocenters. The smallest absolute Gasteiger partial charge is 0.387 e. The maximum absolute atomic E-state index is 11.8. The maximum atomic E-state index is 11.8. The minimum absolute atomic E-state index is 0.203. The molecule has 2 aromatic rings. The summed E-state index contributed by atoms with van der Waals surface area (Å²) in [6.07, 6.45) is 3.46. The Labute approximate surface area is 119 Å². The Morgan fingerprint density at radius 3 is 2.59 bits per heavy atom. The Hall–Kier alpha value is -0.700. The summed E-state index contributed by atoms with van der Waals surface area (Å²) in [5.74, 6) is 0.203. The molecule has 0 radical (unpaired) electrons. The number of H-pyrrole nitrogens is 1. The van der Waals surface area contributed by atoms with Crippen molar-refractivity contribution in [2.75, 3.05) is 0 Å². The van der Waals surface area contributed by atoms with Crippen LogP contribution in [0.15, 0.2) is 41.1 Å². The average molecular weight is 417 g/mol. The molecule has 0 aliphatic carbocycles. The van der Waals surface area contributed by atoms with Crippen molar-refractivity contribution < 1.29 is 13.5 Å². The fourth-order valence-corrected chi connectivity index (χ4v) is 2.31. The third-order valence-corrected chi connectivity index (χ3v) is 2.85. The van der Waals surface area contributed by atoms with E-state index in [1.807, 2.05) is 28.7 Å². The highest BCUT2D eigenvalue weighted by molar-refractivity contribution is 14.1. The van der Waals surface area contributed by atoms with E-state index in [0.717, 1.165) is 4.47 Å². The van der Waals surface area contributed by atoms with Gasteiger partial charge in [-0.15, -0.1) is 0 Å². The van der Waals surface area contributed by atoms with Gasteiger partial charge in [-0.25, -0.2) is 0 Å².